The molecule has 1 aromatic carbocycles. The summed E-state index contributed by atoms with van der Waals surface area (Å²) in [6, 6.07) is 3.30. The summed E-state index contributed by atoms with van der Waals surface area (Å²) in [5.41, 5.74) is 6.30. The molecule has 198 valence electrons. The van der Waals surface area contributed by atoms with Gasteiger partial charge in [-0.1, -0.05) is 30.3 Å². The van der Waals surface area contributed by atoms with Crippen LogP contribution in [0.15, 0.2) is 30.3 Å². The highest BCUT2D eigenvalue weighted by Gasteiger charge is 2.30. The molecule has 0 fully saturated rings. The van der Waals surface area contributed by atoms with Crippen LogP contribution in [0.2, 0.25) is 0 Å². The fourth-order valence-corrected chi connectivity index (χ4v) is 3.27. The maximum Gasteiger partial charge on any atom is 0.326 e. The van der Waals surface area contributed by atoms with Gasteiger partial charge in [-0.2, -0.15) is 12.6 Å². The maximum absolute atomic E-state index is 12.8. The molecule has 13 nitrogen and oxygen atoms in total. The van der Waals surface area contributed by atoms with E-state index >= 15 is 0 Å². The maximum atomic E-state index is 12.8. The van der Waals surface area contributed by atoms with Crippen molar-refractivity contribution in [2.24, 2.45) is 5.73 Å². The van der Waals surface area contributed by atoms with Crippen LogP contribution in [0.4, 0.5) is 0 Å². The summed E-state index contributed by atoms with van der Waals surface area (Å²) >= 11 is 4.03. The lowest BCUT2D eigenvalue weighted by Gasteiger charge is -2.24. The van der Waals surface area contributed by atoms with Crippen LogP contribution in [0.1, 0.15) is 31.2 Å². The third-order valence-electron chi connectivity index (χ3n) is 5.00. The molecule has 8 N–H and O–H groups in total. The summed E-state index contributed by atoms with van der Waals surface area (Å²) in [5.74, 6) is -6.57. The van der Waals surface area contributed by atoms with Crippen molar-refractivity contribution in [1.82, 2.24) is 16.0 Å². The fraction of sp³-hybridized carbons (Fsp3) is 0.455. The van der Waals surface area contributed by atoms with E-state index in [0.29, 0.717) is 5.56 Å². The summed E-state index contributed by atoms with van der Waals surface area (Å²) in [4.78, 5) is 71.0. The van der Waals surface area contributed by atoms with E-state index in [1.165, 1.54) is 0 Å². The first-order valence-corrected chi connectivity index (χ1v) is 11.6. The van der Waals surface area contributed by atoms with E-state index in [-0.39, 0.29) is 25.0 Å². The molecule has 0 aromatic heterocycles. The van der Waals surface area contributed by atoms with Crippen molar-refractivity contribution in [2.75, 3.05) is 5.75 Å². The monoisotopic (exact) mass is 526 g/mol. The lowest BCUT2D eigenvalue weighted by atomic mass is 10.1. The van der Waals surface area contributed by atoms with Crippen molar-refractivity contribution in [3.05, 3.63) is 35.9 Å². The van der Waals surface area contributed by atoms with Gasteiger partial charge in [0.1, 0.15) is 18.1 Å². The van der Waals surface area contributed by atoms with Gasteiger partial charge in [0.05, 0.1) is 6.04 Å². The minimum atomic E-state index is -1.40. The first-order valence-electron chi connectivity index (χ1n) is 10.9. The van der Waals surface area contributed by atoms with E-state index < -0.39 is 72.6 Å². The van der Waals surface area contributed by atoms with Crippen LogP contribution in [0.3, 0.4) is 0 Å². The van der Waals surface area contributed by atoms with Crippen molar-refractivity contribution < 1.29 is 44.1 Å². The number of rotatable bonds is 16. The minimum Gasteiger partial charge on any atom is -0.481 e. The topological polar surface area (TPSA) is 225 Å². The van der Waals surface area contributed by atoms with Crippen LogP contribution in [0.5, 0.6) is 0 Å². The standard InChI is InChI=1S/C22H30N4O9S/c23-13(6-8-17(27)28)19(31)24-14(7-9-18(29)30)20(32)26-16(11-36)21(33)25-15(22(34)35)10-12-4-2-1-3-5-12/h1-5,13-16,36H,6-11,23H2,(H,24,31)(H,25,33)(H,26,32)(H,27,28)(H,29,30)(H,34,35). The Morgan fingerprint density at radius 3 is 1.78 bits per heavy atom. The molecule has 0 spiro atoms. The van der Waals surface area contributed by atoms with Crippen LogP contribution in [-0.4, -0.2) is 80.9 Å². The largest absolute Gasteiger partial charge is 0.481 e. The molecule has 4 atom stereocenters. The normalized spacial score (nSPS) is 13.9. The molecule has 14 heteroatoms. The lowest BCUT2D eigenvalue weighted by Crippen LogP contribution is -2.58. The van der Waals surface area contributed by atoms with E-state index in [4.69, 9.17) is 15.9 Å². The Morgan fingerprint density at radius 1 is 0.750 bits per heavy atom. The molecule has 0 radical (unpaired) electrons. The first-order chi connectivity index (χ1) is 16.9. The number of hydrogen-bond acceptors (Lipinski definition) is 8. The van der Waals surface area contributed by atoms with E-state index in [2.05, 4.69) is 28.6 Å². The molecule has 1 aromatic rings. The van der Waals surface area contributed by atoms with E-state index in [9.17, 15) is 33.9 Å². The van der Waals surface area contributed by atoms with Gasteiger partial charge < -0.3 is 37.0 Å². The Bertz CT molecular complexity index is 945. The highest BCUT2D eigenvalue weighted by Crippen LogP contribution is 2.06. The molecule has 0 bridgehead atoms. The molecule has 0 saturated carbocycles. The van der Waals surface area contributed by atoms with Gasteiger partial charge in [0.2, 0.25) is 17.7 Å². The van der Waals surface area contributed by atoms with Crippen molar-refractivity contribution in [2.45, 2.75) is 56.3 Å². The summed E-state index contributed by atoms with van der Waals surface area (Å²) in [7, 11) is 0. The van der Waals surface area contributed by atoms with Gasteiger partial charge in [-0.05, 0) is 18.4 Å². The highest BCUT2D eigenvalue weighted by molar-refractivity contribution is 7.80. The number of benzene rings is 1. The van der Waals surface area contributed by atoms with E-state index in [1.54, 1.807) is 30.3 Å². The number of carbonyl (C=O) groups is 6. The van der Waals surface area contributed by atoms with Gasteiger partial charge in [0, 0.05) is 25.0 Å². The van der Waals surface area contributed by atoms with Gasteiger partial charge in [0.25, 0.3) is 0 Å². The number of carboxylic acid groups (broad SMARTS) is 3. The third kappa shape index (κ3) is 11.2. The van der Waals surface area contributed by atoms with Gasteiger partial charge in [-0.15, -0.1) is 0 Å². The smallest absolute Gasteiger partial charge is 0.326 e. The SMILES string of the molecule is NC(CCC(=O)O)C(=O)NC(CCC(=O)O)C(=O)NC(CS)C(=O)NC(Cc1ccccc1)C(=O)O. The molecule has 0 heterocycles. The Kier molecular flexibility index (Phi) is 13.0. The lowest BCUT2D eigenvalue weighted by molar-refractivity contribution is -0.142. The van der Waals surface area contributed by atoms with Crippen LogP contribution >= 0.6 is 12.6 Å². The van der Waals surface area contributed by atoms with Crippen LogP contribution in [0.25, 0.3) is 0 Å². The van der Waals surface area contributed by atoms with E-state index in [0.717, 1.165) is 0 Å². The molecular weight excluding hydrogens is 496 g/mol. The van der Waals surface area contributed by atoms with Crippen molar-refractivity contribution in [3.8, 4) is 0 Å². The molecule has 1 rings (SSSR count). The molecule has 36 heavy (non-hydrogen) atoms. The number of nitrogens with two attached hydrogens (primary N) is 1. The van der Waals surface area contributed by atoms with Crippen molar-refractivity contribution >= 4 is 48.3 Å². The number of carboxylic acids is 3. The van der Waals surface area contributed by atoms with Gasteiger partial charge >= 0.3 is 17.9 Å². The summed E-state index contributed by atoms with van der Waals surface area (Å²) in [6.07, 6.45) is -1.46. The van der Waals surface area contributed by atoms with Crippen molar-refractivity contribution in [1.29, 1.82) is 0 Å². The summed E-state index contributed by atoms with van der Waals surface area (Å²) in [6.45, 7) is 0. The number of aliphatic carboxylic acids is 3. The van der Waals surface area contributed by atoms with Crippen LogP contribution < -0.4 is 21.7 Å². The van der Waals surface area contributed by atoms with Crippen molar-refractivity contribution in [3.63, 3.8) is 0 Å². The Hall–Kier alpha value is -3.65. The number of nitrogens with one attached hydrogen (secondary N) is 3. The van der Waals surface area contributed by atoms with E-state index in [1.807, 2.05) is 0 Å². The summed E-state index contributed by atoms with van der Waals surface area (Å²) < 4.78 is 0. The first kappa shape index (κ1) is 30.4. The predicted octanol–water partition coefficient (Wildman–Crippen LogP) is -1.25. The Morgan fingerprint density at radius 2 is 1.25 bits per heavy atom. The minimum absolute atomic E-state index is 0.0132. The molecule has 0 aliphatic carbocycles. The average Bonchev–Trinajstić information content (AvgIpc) is 2.82. The summed E-state index contributed by atoms with van der Waals surface area (Å²) in [5, 5.41) is 34.1. The van der Waals surface area contributed by atoms with Crippen LogP contribution in [-0.2, 0) is 35.2 Å². The predicted molar refractivity (Wildman–Crippen MR) is 129 cm³/mol. The number of amides is 3. The number of thiol groups is 1. The third-order valence-corrected chi connectivity index (χ3v) is 5.36. The number of hydrogen-bond donors (Lipinski definition) is 8. The zero-order chi connectivity index (χ0) is 27.3. The molecule has 3 amide bonds. The second kappa shape index (κ2) is 15.4. The molecular formula is C22H30N4O9S. The molecule has 0 aliphatic heterocycles. The van der Waals surface area contributed by atoms with Gasteiger partial charge in [-0.3, -0.25) is 24.0 Å². The molecule has 4 unspecified atom stereocenters. The molecule has 0 saturated heterocycles. The highest BCUT2D eigenvalue weighted by atomic mass is 32.1. The van der Waals surface area contributed by atoms with Crippen LogP contribution in [0, 0.1) is 0 Å². The molecule has 0 aliphatic rings. The zero-order valence-electron chi connectivity index (χ0n) is 19.3. The Labute approximate surface area is 212 Å². The van der Waals surface area contributed by atoms with Gasteiger partial charge in [0.15, 0.2) is 0 Å². The quantitative estimate of drug-likeness (QED) is 0.119. The van der Waals surface area contributed by atoms with Gasteiger partial charge in [-0.25, -0.2) is 4.79 Å². The zero-order valence-corrected chi connectivity index (χ0v) is 20.1. The number of carbonyl (C=O) groups excluding carboxylic acids is 3. The fourth-order valence-electron chi connectivity index (χ4n) is 3.01. The second-order valence-corrected chi connectivity index (χ2v) is 8.23. The second-order valence-electron chi connectivity index (χ2n) is 7.87. The Balaban J connectivity index is 2.88. The average molecular weight is 527 g/mol.